The van der Waals surface area contributed by atoms with E-state index < -0.39 is 0 Å². The second-order valence-electron chi connectivity index (χ2n) is 4.10. The second kappa shape index (κ2) is 5.43. The summed E-state index contributed by atoms with van der Waals surface area (Å²) >= 11 is 1.77. The number of thiophene rings is 1. The summed E-state index contributed by atoms with van der Waals surface area (Å²) in [7, 11) is 0. The molecule has 0 aromatic carbocycles. The maximum atomic E-state index is 11.1. The van der Waals surface area contributed by atoms with Crippen LogP contribution in [0.1, 0.15) is 24.1 Å². The molecule has 1 aromatic rings. The molecule has 5 heteroatoms. The van der Waals surface area contributed by atoms with Crippen LogP contribution in [-0.4, -0.2) is 23.4 Å². The van der Waals surface area contributed by atoms with Crippen LogP contribution in [0.5, 0.6) is 0 Å². The molecule has 3 N–H and O–H groups in total. The van der Waals surface area contributed by atoms with Gasteiger partial charge in [0.05, 0.1) is 0 Å². The summed E-state index contributed by atoms with van der Waals surface area (Å²) in [6, 6.07) is 4.88. The molecule has 88 valence electrons. The summed E-state index contributed by atoms with van der Waals surface area (Å²) in [4.78, 5) is 14.8. The van der Waals surface area contributed by atoms with Gasteiger partial charge in [0.15, 0.2) is 0 Å². The minimum atomic E-state index is -0.0863. The molecule has 0 saturated heterocycles. The predicted octanol–water partition coefficient (Wildman–Crippen LogP) is 1.09. The van der Waals surface area contributed by atoms with Gasteiger partial charge in [0.1, 0.15) is 0 Å². The molecule has 1 heterocycles. The van der Waals surface area contributed by atoms with Gasteiger partial charge in [-0.1, -0.05) is 6.07 Å². The first kappa shape index (κ1) is 11.6. The van der Waals surface area contributed by atoms with Crippen LogP contribution in [0, 0.1) is 0 Å². The summed E-state index contributed by atoms with van der Waals surface area (Å²) < 4.78 is 0. The highest BCUT2D eigenvalue weighted by Gasteiger charge is 2.29. The largest absolute Gasteiger partial charge is 0.295 e. The Balaban J connectivity index is 1.83. The van der Waals surface area contributed by atoms with Crippen LogP contribution in [0.2, 0.25) is 0 Å². The number of hydrogen-bond donors (Lipinski definition) is 2. The van der Waals surface area contributed by atoms with Gasteiger partial charge in [-0.3, -0.25) is 15.1 Å². The third-order valence-corrected chi connectivity index (χ3v) is 3.65. The van der Waals surface area contributed by atoms with Crippen LogP contribution in [0.3, 0.4) is 0 Å². The van der Waals surface area contributed by atoms with E-state index in [4.69, 9.17) is 5.84 Å². The second-order valence-corrected chi connectivity index (χ2v) is 5.13. The minimum Gasteiger partial charge on any atom is -0.295 e. The monoisotopic (exact) mass is 239 g/mol. The van der Waals surface area contributed by atoms with Crippen molar-refractivity contribution in [2.75, 3.05) is 6.54 Å². The molecule has 0 bridgehead atoms. The van der Waals surface area contributed by atoms with E-state index in [1.807, 2.05) is 0 Å². The van der Waals surface area contributed by atoms with Crippen molar-refractivity contribution in [2.45, 2.75) is 31.8 Å². The minimum absolute atomic E-state index is 0.0863. The molecule has 2 rings (SSSR count). The van der Waals surface area contributed by atoms with E-state index >= 15 is 0 Å². The molecule has 1 aliphatic rings. The van der Waals surface area contributed by atoms with Gasteiger partial charge < -0.3 is 0 Å². The van der Waals surface area contributed by atoms with E-state index in [0.717, 1.165) is 13.1 Å². The van der Waals surface area contributed by atoms with Crippen molar-refractivity contribution in [3.05, 3.63) is 22.4 Å². The fourth-order valence-electron chi connectivity index (χ4n) is 1.75. The zero-order valence-electron chi connectivity index (χ0n) is 9.19. The zero-order valence-corrected chi connectivity index (χ0v) is 10.0. The summed E-state index contributed by atoms with van der Waals surface area (Å²) in [5, 5.41) is 2.09. The Labute approximate surface area is 99.4 Å². The van der Waals surface area contributed by atoms with Gasteiger partial charge in [-0.25, -0.2) is 5.84 Å². The fourth-order valence-corrected chi connectivity index (χ4v) is 2.48. The molecule has 16 heavy (non-hydrogen) atoms. The number of hydrazine groups is 1. The van der Waals surface area contributed by atoms with Crippen LogP contribution >= 0.6 is 11.3 Å². The average molecular weight is 239 g/mol. The lowest BCUT2D eigenvalue weighted by molar-refractivity contribution is -0.121. The quantitative estimate of drug-likeness (QED) is 0.444. The Hall–Kier alpha value is -0.910. The molecular weight excluding hydrogens is 222 g/mol. The summed E-state index contributed by atoms with van der Waals surface area (Å²) in [6.45, 7) is 1.76. The Bertz CT molecular complexity index is 335. The molecule has 4 nitrogen and oxygen atoms in total. The molecule has 0 spiro atoms. The van der Waals surface area contributed by atoms with Crippen molar-refractivity contribution < 1.29 is 4.79 Å². The molecule has 0 unspecified atom stereocenters. The number of nitrogens with two attached hydrogens (primary N) is 1. The highest BCUT2D eigenvalue weighted by molar-refractivity contribution is 7.09. The fraction of sp³-hybridized carbons (Fsp3) is 0.545. The highest BCUT2D eigenvalue weighted by Crippen LogP contribution is 2.29. The van der Waals surface area contributed by atoms with E-state index in [-0.39, 0.29) is 5.91 Å². The van der Waals surface area contributed by atoms with Crippen LogP contribution in [0.15, 0.2) is 17.5 Å². The van der Waals surface area contributed by atoms with E-state index in [1.54, 1.807) is 11.3 Å². The van der Waals surface area contributed by atoms with Crippen LogP contribution < -0.4 is 11.3 Å². The Morgan fingerprint density at radius 1 is 1.62 bits per heavy atom. The molecule has 0 radical (unpaired) electrons. The number of carbonyl (C=O) groups excluding carboxylic acids is 1. The van der Waals surface area contributed by atoms with Gasteiger partial charge in [0.25, 0.3) is 0 Å². The third-order valence-electron chi connectivity index (χ3n) is 2.79. The van der Waals surface area contributed by atoms with E-state index in [1.165, 1.54) is 17.7 Å². The van der Waals surface area contributed by atoms with Gasteiger partial charge in [-0.2, -0.15) is 0 Å². The first-order chi connectivity index (χ1) is 7.79. The van der Waals surface area contributed by atoms with Gasteiger partial charge in [-0.15, -0.1) is 11.3 Å². The van der Waals surface area contributed by atoms with Gasteiger partial charge in [0.2, 0.25) is 5.91 Å². The molecule has 1 aromatic heterocycles. The first-order valence-corrected chi connectivity index (χ1v) is 6.43. The summed E-state index contributed by atoms with van der Waals surface area (Å²) in [5.41, 5.74) is 2.18. The molecule has 1 amide bonds. The molecule has 0 aliphatic heterocycles. The summed E-state index contributed by atoms with van der Waals surface area (Å²) in [5.74, 6) is 4.98. The summed E-state index contributed by atoms with van der Waals surface area (Å²) in [6.07, 6.45) is 3.00. The van der Waals surface area contributed by atoms with Crippen molar-refractivity contribution in [1.82, 2.24) is 10.3 Å². The average Bonchev–Trinajstić information content (AvgIpc) is 3.02. The van der Waals surface area contributed by atoms with Crippen LogP contribution in [-0.2, 0) is 11.3 Å². The lowest BCUT2D eigenvalue weighted by Gasteiger charge is -2.20. The maximum absolute atomic E-state index is 11.1. The number of hydrogen-bond acceptors (Lipinski definition) is 4. The lowest BCUT2D eigenvalue weighted by Crippen LogP contribution is -2.34. The number of nitrogens with one attached hydrogen (secondary N) is 1. The third kappa shape index (κ3) is 3.30. The smallest absolute Gasteiger partial charge is 0.235 e. The molecule has 1 aliphatic carbocycles. The van der Waals surface area contributed by atoms with E-state index in [9.17, 15) is 4.79 Å². The number of amides is 1. The predicted molar refractivity (Wildman–Crippen MR) is 64.7 cm³/mol. The number of rotatable bonds is 6. The Morgan fingerprint density at radius 3 is 3.00 bits per heavy atom. The van der Waals surface area contributed by atoms with E-state index in [0.29, 0.717) is 12.5 Å². The van der Waals surface area contributed by atoms with Crippen LogP contribution in [0.25, 0.3) is 0 Å². The van der Waals surface area contributed by atoms with Gasteiger partial charge >= 0.3 is 0 Å². The molecule has 0 atom stereocenters. The normalized spacial score (nSPS) is 15.4. The van der Waals surface area contributed by atoms with Crippen molar-refractivity contribution in [2.24, 2.45) is 5.84 Å². The topological polar surface area (TPSA) is 58.4 Å². The molecular formula is C11H17N3OS. The highest BCUT2D eigenvalue weighted by atomic mass is 32.1. The maximum Gasteiger partial charge on any atom is 0.235 e. The molecule has 1 saturated carbocycles. The Morgan fingerprint density at radius 2 is 2.44 bits per heavy atom. The van der Waals surface area contributed by atoms with Gasteiger partial charge in [0, 0.05) is 30.4 Å². The van der Waals surface area contributed by atoms with E-state index in [2.05, 4.69) is 27.8 Å². The number of nitrogens with zero attached hydrogens (tertiary/aromatic N) is 1. The lowest BCUT2D eigenvalue weighted by atomic mass is 10.3. The van der Waals surface area contributed by atoms with Crippen LogP contribution in [0.4, 0.5) is 0 Å². The first-order valence-electron chi connectivity index (χ1n) is 5.55. The van der Waals surface area contributed by atoms with Gasteiger partial charge in [-0.05, 0) is 24.3 Å². The Kier molecular flexibility index (Phi) is 3.93. The molecule has 1 fully saturated rings. The SMILES string of the molecule is NNC(=O)CCN(Cc1cccs1)C1CC1. The van der Waals surface area contributed by atoms with Crippen molar-refractivity contribution >= 4 is 17.2 Å². The number of carbonyl (C=O) groups is 1. The van der Waals surface area contributed by atoms with Crippen molar-refractivity contribution in [3.8, 4) is 0 Å². The van der Waals surface area contributed by atoms with Crippen molar-refractivity contribution in [3.63, 3.8) is 0 Å². The zero-order chi connectivity index (χ0) is 11.4. The standard InChI is InChI=1S/C11H17N3OS/c12-13-11(15)5-6-14(9-3-4-9)8-10-2-1-7-16-10/h1-2,7,9H,3-6,8,12H2,(H,13,15). The van der Waals surface area contributed by atoms with Crippen molar-refractivity contribution in [1.29, 1.82) is 0 Å².